The Morgan fingerprint density at radius 3 is 2.53 bits per heavy atom. The van der Waals surface area contributed by atoms with Crippen LogP contribution in [0.25, 0.3) is 11.3 Å². The Morgan fingerprint density at radius 1 is 1.12 bits per heavy atom. The van der Waals surface area contributed by atoms with E-state index in [1.165, 1.54) is 0 Å². The van der Waals surface area contributed by atoms with E-state index in [9.17, 15) is 10.2 Å². The maximum absolute atomic E-state index is 11.3. The van der Waals surface area contributed by atoms with Crippen molar-refractivity contribution in [2.45, 2.75) is 44.8 Å². The van der Waals surface area contributed by atoms with Crippen LogP contribution >= 0.6 is 24.8 Å². The molecule has 1 saturated heterocycles. The summed E-state index contributed by atoms with van der Waals surface area (Å²) in [5, 5.41) is 21.6. The number of phenols is 1. The molecule has 6 nitrogen and oxygen atoms in total. The molecule has 8 heteroatoms. The number of rotatable bonds is 4. The van der Waals surface area contributed by atoms with Gasteiger partial charge in [0.1, 0.15) is 11.5 Å². The van der Waals surface area contributed by atoms with Crippen molar-refractivity contribution in [2.24, 2.45) is 5.92 Å². The van der Waals surface area contributed by atoms with Gasteiger partial charge in [0.05, 0.1) is 5.69 Å². The predicted octanol–water partition coefficient (Wildman–Crippen LogP) is 4.60. The molecule has 1 aliphatic carbocycles. The van der Waals surface area contributed by atoms with Crippen LogP contribution in [0, 0.1) is 12.8 Å². The summed E-state index contributed by atoms with van der Waals surface area (Å²) in [5.41, 5.74) is 8.36. The fourth-order valence-electron chi connectivity index (χ4n) is 4.66. The van der Waals surface area contributed by atoms with Crippen LogP contribution in [0.4, 0.5) is 5.95 Å². The van der Waals surface area contributed by atoms with Crippen molar-refractivity contribution in [3.05, 3.63) is 59.8 Å². The molecule has 0 radical (unpaired) electrons. The van der Waals surface area contributed by atoms with Crippen LogP contribution in [0.3, 0.4) is 0 Å². The minimum Gasteiger partial charge on any atom is -0.507 e. The molecule has 4 N–H and O–H groups in total. The molecule has 0 saturated carbocycles. The first-order chi connectivity index (χ1) is 14.4. The van der Waals surface area contributed by atoms with Crippen LogP contribution in [0.2, 0.25) is 0 Å². The molecule has 4 rings (SSSR count). The number of nitrogens with two attached hydrogens (primary N) is 1. The molecule has 1 aromatic carbocycles. The summed E-state index contributed by atoms with van der Waals surface area (Å²) < 4.78 is 0. The maximum atomic E-state index is 11.3. The number of hydrogen-bond acceptors (Lipinski definition) is 6. The van der Waals surface area contributed by atoms with Gasteiger partial charge in [0.2, 0.25) is 5.95 Å². The third kappa shape index (κ3) is 5.09. The fraction of sp³-hybridized carbons (Fsp3) is 0.417. The average molecular weight is 479 g/mol. The van der Waals surface area contributed by atoms with Gasteiger partial charge in [0.15, 0.2) is 0 Å². The van der Waals surface area contributed by atoms with Crippen molar-refractivity contribution >= 4 is 30.8 Å². The second-order valence-corrected chi connectivity index (χ2v) is 8.36. The number of allylic oxidation sites excluding steroid dienone is 2. The normalized spacial score (nSPS) is 23.4. The number of aromatic hydroxyl groups is 1. The second-order valence-electron chi connectivity index (χ2n) is 8.36. The topological polar surface area (TPSA) is 95.5 Å². The monoisotopic (exact) mass is 478 g/mol. The number of nitrogen functional groups attached to an aromatic ring is 1. The van der Waals surface area contributed by atoms with Crippen LogP contribution in [0.15, 0.2) is 48.6 Å². The predicted molar refractivity (Wildman–Crippen MR) is 133 cm³/mol. The van der Waals surface area contributed by atoms with Crippen molar-refractivity contribution in [1.82, 2.24) is 14.9 Å². The number of nitrogens with zero attached hydrogens (tertiary/aromatic N) is 3. The van der Waals surface area contributed by atoms with E-state index in [1.54, 1.807) is 6.07 Å². The van der Waals surface area contributed by atoms with Gasteiger partial charge in [-0.1, -0.05) is 36.8 Å². The lowest BCUT2D eigenvalue weighted by Gasteiger charge is -2.46. The molecule has 2 heterocycles. The number of aromatic nitrogens is 2. The number of anilines is 1. The van der Waals surface area contributed by atoms with Gasteiger partial charge >= 0.3 is 0 Å². The molecule has 1 fully saturated rings. The Labute approximate surface area is 202 Å². The Balaban J connectivity index is 0.00000181. The third-order valence-corrected chi connectivity index (χ3v) is 6.39. The molecule has 2 aromatic rings. The van der Waals surface area contributed by atoms with E-state index < -0.39 is 5.72 Å². The van der Waals surface area contributed by atoms with Gasteiger partial charge in [0.25, 0.3) is 0 Å². The van der Waals surface area contributed by atoms with Gasteiger partial charge in [-0.05, 0) is 50.5 Å². The van der Waals surface area contributed by atoms with Crippen molar-refractivity contribution in [2.75, 3.05) is 18.8 Å². The molecule has 2 aliphatic rings. The molecule has 2 atom stereocenters. The van der Waals surface area contributed by atoms with E-state index in [1.807, 2.05) is 43.4 Å². The largest absolute Gasteiger partial charge is 0.507 e. The zero-order chi connectivity index (χ0) is 21.3. The molecule has 1 aromatic heterocycles. The molecular formula is C24H32Cl2N4O2. The Hall–Kier alpha value is -2.12. The van der Waals surface area contributed by atoms with Crippen LogP contribution in [-0.2, 0) is 0 Å². The minimum absolute atomic E-state index is 0. The first-order valence-electron chi connectivity index (χ1n) is 10.7. The lowest BCUT2D eigenvalue weighted by molar-refractivity contribution is -0.109. The fourth-order valence-corrected chi connectivity index (χ4v) is 4.66. The highest BCUT2D eigenvalue weighted by molar-refractivity contribution is 5.85. The second kappa shape index (κ2) is 10.7. The molecule has 2 unspecified atom stereocenters. The summed E-state index contributed by atoms with van der Waals surface area (Å²) in [5.74, 6) is 0.744. The first kappa shape index (κ1) is 26.1. The molecular weight excluding hydrogens is 447 g/mol. The summed E-state index contributed by atoms with van der Waals surface area (Å²) >= 11 is 0. The summed E-state index contributed by atoms with van der Waals surface area (Å²) in [7, 11) is 0. The van der Waals surface area contributed by atoms with Gasteiger partial charge in [-0.2, -0.15) is 0 Å². The number of aliphatic hydroxyl groups is 1. The van der Waals surface area contributed by atoms with Crippen molar-refractivity contribution in [3.8, 4) is 17.0 Å². The lowest BCUT2D eigenvalue weighted by atomic mass is 9.84. The SMILES string of the molecule is CCC1C=CC=CC1(O)N1CCC(c2cc(-c3cc(C)ccc3O)nc(N)n2)CC1.Cl.Cl. The van der Waals surface area contributed by atoms with E-state index in [4.69, 9.17) is 5.73 Å². The van der Waals surface area contributed by atoms with Gasteiger partial charge in [-0.3, -0.25) is 4.90 Å². The van der Waals surface area contributed by atoms with Crippen LogP contribution in [0.5, 0.6) is 5.75 Å². The summed E-state index contributed by atoms with van der Waals surface area (Å²) in [6, 6.07) is 7.39. The van der Waals surface area contributed by atoms with Crippen LogP contribution in [0.1, 0.15) is 43.4 Å². The number of aryl methyl sites for hydroxylation is 1. The van der Waals surface area contributed by atoms with Crippen molar-refractivity contribution < 1.29 is 10.2 Å². The van der Waals surface area contributed by atoms with E-state index in [0.29, 0.717) is 11.3 Å². The average Bonchev–Trinajstić information content (AvgIpc) is 2.75. The van der Waals surface area contributed by atoms with Crippen molar-refractivity contribution in [3.63, 3.8) is 0 Å². The van der Waals surface area contributed by atoms with Gasteiger partial charge in [0, 0.05) is 36.2 Å². The van der Waals surface area contributed by atoms with Crippen molar-refractivity contribution in [1.29, 1.82) is 0 Å². The van der Waals surface area contributed by atoms with E-state index in [2.05, 4.69) is 27.9 Å². The van der Waals surface area contributed by atoms with E-state index >= 15 is 0 Å². The number of benzene rings is 1. The molecule has 0 amide bonds. The Kier molecular flexibility index (Phi) is 8.71. The molecule has 32 heavy (non-hydrogen) atoms. The summed E-state index contributed by atoms with van der Waals surface area (Å²) in [6.07, 6.45) is 10.6. The zero-order valence-electron chi connectivity index (χ0n) is 18.4. The number of likely N-dealkylation sites (tertiary alicyclic amines) is 1. The molecule has 0 spiro atoms. The zero-order valence-corrected chi connectivity index (χ0v) is 20.1. The van der Waals surface area contributed by atoms with Crippen LogP contribution in [-0.4, -0.2) is 43.9 Å². The number of hydrogen-bond donors (Lipinski definition) is 3. The first-order valence-corrected chi connectivity index (χ1v) is 10.7. The lowest BCUT2D eigenvalue weighted by Crippen LogP contribution is -2.55. The number of piperidine rings is 1. The number of halogens is 2. The highest BCUT2D eigenvalue weighted by Crippen LogP contribution is 2.37. The van der Waals surface area contributed by atoms with Gasteiger partial charge in [-0.25, -0.2) is 9.97 Å². The standard InChI is InChI=1S/C24H30N4O2.2ClH/c1-3-18-6-4-5-11-24(18,30)28-12-9-17(10-13-28)20-15-21(27-23(25)26-20)19-14-16(2)7-8-22(19)29;;/h4-8,11,14-15,17-18,29-30H,3,9-10,12-13H2,1-2H3,(H2,25,26,27);2*1H. The van der Waals surface area contributed by atoms with E-state index in [0.717, 1.165) is 43.6 Å². The highest BCUT2D eigenvalue weighted by atomic mass is 35.5. The highest BCUT2D eigenvalue weighted by Gasteiger charge is 2.40. The Bertz CT molecular complexity index is 990. The number of phenolic OH excluding ortho intramolecular Hbond substituents is 1. The third-order valence-electron chi connectivity index (χ3n) is 6.39. The smallest absolute Gasteiger partial charge is 0.220 e. The molecule has 1 aliphatic heterocycles. The molecule has 0 bridgehead atoms. The van der Waals surface area contributed by atoms with Crippen LogP contribution < -0.4 is 5.73 Å². The summed E-state index contributed by atoms with van der Waals surface area (Å²) in [6.45, 7) is 5.65. The minimum atomic E-state index is -0.919. The summed E-state index contributed by atoms with van der Waals surface area (Å²) in [4.78, 5) is 11.0. The quantitative estimate of drug-likeness (QED) is 0.593. The van der Waals surface area contributed by atoms with Gasteiger partial charge < -0.3 is 15.9 Å². The Morgan fingerprint density at radius 2 is 1.84 bits per heavy atom. The van der Waals surface area contributed by atoms with E-state index in [-0.39, 0.29) is 48.3 Å². The van der Waals surface area contributed by atoms with Gasteiger partial charge in [-0.15, -0.1) is 24.8 Å². The maximum Gasteiger partial charge on any atom is 0.220 e. The molecule has 174 valence electrons.